The zero-order valence-electron chi connectivity index (χ0n) is 15.7. The third-order valence-corrected chi connectivity index (χ3v) is 5.32. The second-order valence-electron chi connectivity index (χ2n) is 6.40. The van der Waals surface area contributed by atoms with E-state index in [0.29, 0.717) is 16.9 Å². The molecule has 1 N–H and O–H groups in total. The Morgan fingerprint density at radius 2 is 1.86 bits per heavy atom. The van der Waals surface area contributed by atoms with Gasteiger partial charge in [-0.2, -0.15) is 0 Å². The van der Waals surface area contributed by atoms with E-state index in [9.17, 15) is 9.59 Å². The highest BCUT2D eigenvalue weighted by Crippen LogP contribution is 2.23. The van der Waals surface area contributed by atoms with Crippen LogP contribution in [-0.2, 0) is 4.79 Å². The summed E-state index contributed by atoms with van der Waals surface area (Å²) >= 11 is 1.59. The fraction of sp³-hybridized carbons (Fsp3) is 0.0455. The Bertz CT molecular complexity index is 1160. The molecule has 0 radical (unpaired) electrons. The smallest absolute Gasteiger partial charge is 0.255 e. The number of fused-ring (bicyclic) bond motifs is 1. The number of carbonyl (C=O) groups is 2. The molecule has 0 aliphatic rings. The van der Waals surface area contributed by atoms with Crippen LogP contribution in [0.2, 0.25) is 0 Å². The number of amides is 2. The van der Waals surface area contributed by atoms with E-state index in [0.717, 1.165) is 16.2 Å². The Labute approximate surface area is 171 Å². The van der Waals surface area contributed by atoms with Crippen LogP contribution in [0.15, 0.2) is 79.0 Å². The van der Waals surface area contributed by atoms with E-state index >= 15 is 0 Å². The summed E-state index contributed by atoms with van der Waals surface area (Å²) < 4.78 is 1.99. The van der Waals surface area contributed by atoms with Gasteiger partial charge in [0.1, 0.15) is 0 Å². The average Bonchev–Trinajstić information content (AvgIpc) is 3.35. The molecular weight excluding hydrogens is 384 g/mol. The van der Waals surface area contributed by atoms with Crippen LogP contribution in [0, 0.1) is 0 Å². The number of hydrogen-bond acceptors (Lipinski definition) is 4. The van der Waals surface area contributed by atoms with Crippen molar-refractivity contribution in [3.05, 3.63) is 84.5 Å². The first-order valence-electron chi connectivity index (χ1n) is 8.89. The van der Waals surface area contributed by atoms with Gasteiger partial charge in [-0.05, 0) is 42.5 Å². The van der Waals surface area contributed by atoms with Crippen molar-refractivity contribution in [2.45, 2.75) is 0 Å². The summed E-state index contributed by atoms with van der Waals surface area (Å²) in [7, 11) is 1.66. The fourth-order valence-corrected chi connectivity index (χ4v) is 3.59. The number of likely N-dealkylation sites (N-methyl/N-ethyl adjacent to an activating group) is 1. The van der Waals surface area contributed by atoms with Gasteiger partial charge in [-0.15, -0.1) is 11.3 Å². The van der Waals surface area contributed by atoms with Gasteiger partial charge < -0.3 is 10.2 Å². The van der Waals surface area contributed by atoms with E-state index < -0.39 is 0 Å². The number of rotatable bonds is 5. The lowest BCUT2D eigenvalue weighted by molar-refractivity contribution is -0.113. The lowest BCUT2D eigenvalue weighted by Gasteiger charge is -2.15. The van der Waals surface area contributed by atoms with Crippen molar-refractivity contribution in [3.8, 4) is 11.3 Å². The average molecular weight is 402 g/mol. The lowest BCUT2D eigenvalue weighted by Crippen LogP contribution is -2.23. The van der Waals surface area contributed by atoms with Crippen molar-refractivity contribution in [2.75, 3.05) is 17.3 Å². The number of nitrogens with zero attached hydrogens (tertiary/aromatic N) is 3. The highest BCUT2D eigenvalue weighted by atomic mass is 32.1. The molecule has 0 saturated heterocycles. The van der Waals surface area contributed by atoms with Crippen molar-refractivity contribution in [3.63, 3.8) is 0 Å². The zero-order chi connectivity index (χ0) is 20.4. The molecule has 4 rings (SSSR count). The van der Waals surface area contributed by atoms with Gasteiger partial charge in [0.2, 0.25) is 5.91 Å². The standard InChI is InChI=1S/C22H18N4O2S/c1-3-20(27)25(2)18-10-6-16(7-11-18)21(28)23-17-8-4-15(5-9-17)19-14-26-12-13-29-22(26)24-19/h3-14H,1H2,2H3,(H,23,28). The molecule has 0 spiro atoms. The number of nitrogens with one attached hydrogen (secondary N) is 1. The van der Waals surface area contributed by atoms with Gasteiger partial charge in [0.25, 0.3) is 5.91 Å². The second kappa shape index (κ2) is 7.73. The number of aromatic nitrogens is 2. The van der Waals surface area contributed by atoms with Gasteiger partial charge in [0, 0.05) is 47.3 Å². The molecule has 2 aromatic heterocycles. The van der Waals surface area contributed by atoms with E-state index in [-0.39, 0.29) is 11.8 Å². The van der Waals surface area contributed by atoms with Crippen LogP contribution >= 0.6 is 11.3 Å². The van der Waals surface area contributed by atoms with Crippen LogP contribution in [-0.4, -0.2) is 28.2 Å². The Balaban J connectivity index is 1.44. The summed E-state index contributed by atoms with van der Waals surface area (Å²) in [5.41, 5.74) is 3.77. The first kappa shape index (κ1) is 18.6. The maximum absolute atomic E-state index is 12.5. The molecule has 0 bridgehead atoms. The number of benzene rings is 2. The minimum atomic E-state index is -0.218. The van der Waals surface area contributed by atoms with Gasteiger partial charge in [0.15, 0.2) is 4.96 Å². The molecule has 4 aromatic rings. The SMILES string of the molecule is C=CC(=O)N(C)c1ccc(C(=O)Nc2ccc(-c3cn4ccsc4n3)cc2)cc1. The summed E-state index contributed by atoms with van der Waals surface area (Å²) in [6.45, 7) is 3.47. The number of anilines is 2. The fourth-order valence-electron chi connectivity index (χ4n) is 2.89. The number of thiazole rings is 1. The lowest BCUT2D eigenvalue weighted by atomic mass is 10.1. The minimum Gasteiger partial charge on any atom is -0.322 e. The predicted octanol–water partition coefficient (Wildman–Crippen LogP) is 4.46. The molecule has 2 aromatic carbocycles. The third-order valence-electron chi connectivity index (χ3n) is 4.55. The van der Waals surface area contributed by atoms with E-state index in [1.165, 1.54) is 11.0 Å². The van der Waals surface area contributed by atoms with Crippen molar-refractivity contribution in [2.24, 2.45) is 0 Å². The third kappa shape index (κ3) is 3.81. The molecule has 0 fully saturated rings. The minimum absolute atomic E-state index is 0.208. The normalized spacial score (nSPS) is 10.7. The second-order valence-corrected chi connectivity index (χ2v) is 7.27. The van der Waals surface area contributed by atoms with Crippen molar-refractivity contribution >= 4 is 39.5 Å². The first-order chi connectivity index (χ1) is 14.0. The van der Waals surface area contributed by atoms with Crippen LogP contribution in [0.3, 0.4) is 0 Å². The molecular formula is C22H18N4O2S. The molecule has 0 unspecified atom stereocenters. The van der Waals surface area contributed by atoms with Gasteiger partial charge in [0.05, 0.1) is 5.69 Å². The Morgan fingerprint density at radius 1 is 1.14 bits per heavy atom. The van der Waals surface area contributed by atoms with Crippen LogP contribution in [0.5, 0.6) is 0 Å². The van der Waals surface area contributed by atoms with E-state index in [1.54, 1.807) is 42.6 Å². The maximum Gasteiger partial charge on any atom is 0.255 e. The first-order valence-corrected chi connectivity index (χ1v) is 9.77. The molecule has 29 heavy (non-hydrogen) atoms. The molecule has 0 saturated carbocycles. The molecule has 0 atom stereocenters. The van der Waals surface area contributed by atoms with E-state index in [1.807, 2.05) is 46.4 Å². The monoisotopic (exact) mass is 402 g/mol. The molecule has 6 nitrogen and oxygen atoms in total. The van der Waals surface area contributed by atoms with Crippen LogP contribution in [0.4, 0.5) is 11.4 Å². The summed E-state index contributed by atoms with van der Waals surface area (Å²) in [5, 5.41) is 4.87. The Kier molecular flexibility index (Phi) is 4.97. The summed E-state index contributed by atoms with van der Waals surface area (Å²) in [4.78, 5) is 31.2. The number of hydrogen-bond donors (Lipinski definition) is 1. The summed E-state index contributed by atoms with van der Waals surface area (Å²) in [5.74, 6) is -0.427. The Hall–Kier alpha value is -3.71. The summed E-state index contributed by atoms with van der Waals surface area (Å²) in [6, 6.07) is 14.4. The van der Waals surface area contributed by atoms with Gasteiger partial charge in [-0.3, -0.25) is 14.0 Å². The molecule has 0 aliphatic heterocycles. The largest absolute Gasteiger partial charge is 0.322 e. The number of carbonyl (C=O) groups excluding carboxylic acids is 2. The summed E-state index contributed by atoms with van der Waals surface area (Å²) in [6.07, 6.45) is 5.20. The molecule has 144 valence electrons. The molecule has 2 amide bonds. The topological polar surface area (TPSA) is 66.7 Å². The maximum atomic E-state index is 12.5. The van der Waals surface area contributed by atoms with Gasteiger partial charge in [-0.1, -0.05) is 18.7 Å². The van der Waals surface area contributed by atoms with Gasteiger partial charge in [-0.25, -0.2) is 4.98 Å². The van der Waals surface area contributed by atoms with E-state index in [4.69, 9.17) is 0 Å². The quantitative estimate of drug-likeness (QED) is 0.501. The highest BCUT2D eigenvalue weighted by molar-refractivity contribution is 7.15. The van der Waals surface area contributed by atoms with Crippen LogP contribution < -0.4 is 10.2 Å². The number of imidazole rings is 1. The van der Waals surface area contributed by atoms with Crippen molar-refractivity contribution < 1.29 is 9.59 Å². The van der Waals surface area contributed by atoms with Crippen molar-refractivity contribution in [1.82, 2.24) is 9.38 Å². The zero-order valence-corrected chi connectivity index (χ0v) is 16.5. The molecule has 2 heterocycles. The molecule has 7 heteroatoms. The highest BCUT2D eigenvalue weighted by Gasteiger charge is 2.11. The van der Waals surface area contributed by atoms with E-state index in [2.05, 4.69) is 16.9 Å². The van der Waals surface area contributed by atoms with Crippen molar-refractivity contribution in [1.29, 1.82) is 0 Å². The Morgan fingerprint density at radius 3 is 2.52 bits per heavy atom. The predicted molar refractivity (Wildman–Crippen MR) is 117 cm³/mol. The van der Waals surface area contributed by atoms with Crippen LogP contribution in [0.25, 0.3) is 16.2 Å². The van der Waals surface area contributed by atoms with Crippen LogP contribution in [0.1, 0.15) is 10.4 Å². The van der Waals surface area contributed by atoms with Gasteiger partial charge >= 0.3 is 0 Å². The molecule has 0 aliphatic carbocycles.